The van der Waals surface area contributed by atoms with Crippen LogP contribution in [0.25, 0.3) is 0 Å². The molecule has 0 N–H and O–H groups in total. The molecule has 0 aliphatic carbocycles. The molecule has 0 aliphatic rings. The molecular formula is C10H15N3O2. The van der Waals surface area contributed by atoms with Crippen LogP contribution in [0.5, 0.6) is 0 Å². The van der Waals surface area contributed by atoms with Crippen LogP contribution in [0.1, 0.15) is 17.3 Å². The van der Waals surface area contributed by atoms with Crippen molar-refractivity contribution in [3.05, 3.63) is 18.0 Å². The van der Waals surface area contributed by atoms with Gasteiger partial charge >= 0.3 is 0 Å². The molecule has 82 valence electrons. The van der Waals surface area contributed by atoms with Crippen LogP contribution in [0.4, 0.5) is 5.95 Å². The van der Waals surface area contributed by atoms with Gasteiger partial charge in [-0.2, -0.15) is 0 Å². The number of rotatable bonds is 6. The molecule has 1 heterocycles. The minimum Gasteiger partial charge on any atom is -0.383 e. The predicted molar refractivity (Wildman–Crippen MR) is 57.2 cm³/mol. The summed E-state index contributed by atoms with van der Waals surface area (Å²) < 4.78 is 4.99. The average molecular weight is 209 g/mol. The Morgan fingerprint density at radius 3 is 2.60 bits per heavy atom. The van der Waals surface area contributed by atoms with Gasteiger partial charge < -0.3 is 9.64 Å². The Kier molecular flexibility index (Phi) is 4.70. The van der Waals surface area contributed by atoms with Gasteiger partial charge in [0, 0.05) is 32.6 Å². The SMILES string of the molecule is CCN(CCOC)c1ncc(C=O)cn1. The maximum Gasteiger partial charge on any atom is 0.225 e. The summed E-state index contributed by atoms with van der Waals surface area (Å²) in [5.74, 6) is 0.625. The minimum absolute atomic E-state index is 0.488. The molecule has 0 radical (unpaired) electrons. The van der Waals surface area contributed by atoms with E-state index < -0.39 is 0 Å². The van der Waals surface area contributed by atoms with Crippen LogP contribution in [0.15, 0.2) is 12.4 Å². The van der Waals surface area contributed by atoms with Gasteiger partial charge in [-0.05, 0) is 6.92 Å². The maximum atomic E-state index is 10.4. The lowest BCUT2D eigenvalue weighted by atomic mass is 10.4. The molecule has 0 atom stereocenters. The molecule has 0 aliphatic heterocycles. The monoisotopic (exact) mass is 209 g/mol. The van der Waals surface area contributed by atoms with Crippen LogP contribution in [0, 0.1) is 0 Å². The molecule has 0 amide bonds. The van der Waals surface area contributed by atoms with E-state index in [1.807, 2.05) is 11.8 Å². The van der Waals surface area contributed by atoms with Gasteiger partial charge in [0.2, 0.25) is 5.95 Å². The third-order valence-electron chi connectivity index (χ3n) is 2.02. The number of anilines is 1. The quantitative estimate of drug-likeness (QED) is 0.647. The van der Waals surface area contributed by atoms with Crippen LogP contribution < -0.4 is 4.90 Å². The minimum atomic E-state index is 0.488. The number of hydrogen-bond donors (Lipinski definition) is 0. The third kappa shape index (κ3) is 3.28. The van der Waals surface area contributed by atoms with Crippen molar-refractivity contribution in [3.8, 4) is 0 Å². The van der Waals surface area contributed by atoms with E-state index in [0.717, 1.165) is 19.4 Å². The van der Waals surface area contributed by atoms with E-state index in [1.54, 1.807) is 7.11 Å². The molecule has 1 aromatic heterocycles. The maximum absolute atomic E-state index is 10.4. The summed E-state index contributed by atoms with van der Waals surface area (Å²) >= 11 is 0. The summed E-state index contributed by atoms with van der Waals surface area (Å²) in [6.45, 7) is 4.20. The van der Waals surface area contributed by atoms with Crippen LogP contribution in [0.2, 0.25) is 0 Å². The molecule has 0 spiro atoms. The molecule has 0 bridgehead atoms. The second kappa shape index (κ2) is 6.08. The van der Waals surface area contributed by atoms with Crippen LogP contribution in [-0.2, 0) is 4.74 Å². The fourth-order valence-electron chi connectivity index (χ4n) is 1.16. The average Bonchev–Trinajstić information content (AvgIpc) is 2.31. The number of aldehydes is 1. The molecule has 5 heteroatoms. The Balaban J connectivity index is 2.69. The number of methoxy groups -OCH3 is 1. The first-order chi connectivity index (χ1) is 7.31. The van der Waals surface area contributed by atoms with E-state index in [1.165, 1.54) is 12.4 Å². The highest BCUT2D eigenvalue weighted by Crippen LogP contribution is 2.05. The normalized spacial score (nSPS) is 10.0. The zero-order chi connectivity index (χ0) is 11.1. The van der Waals surface area contributed by atoms with Gasteiger partial charge in [-0.1, -0.05) is 0 Å². The number of carbonyl (C=O) groups is 1. The van der Waals surface area contributed by atoms with Crippen molar-refractivity contribution in [3.63, 3.8) is 0 Å². The van der Waals surface area contributed by atoms with Gasteiger partial charge in [-0.3, -0.25) is 4.79 Å². The molecule has 0 saturated heterocycles. The van der Waals surface area contributed by atoms with E-state index >= 15 is 0 Å². The van der Waals surface area contributed by atoms with Crippen molar-refractivity contribution in [2.45, 2.75) is 6.92 Å². The van der Waals surface area contributed by atoms with Gasteiger partial charge in [0.15, 0.2) is 6.29 Å². The molecule has 5 nitrogen and oxygen atoms in total. The fraction of sp³-hybridized carbons (Fsp3) is 0.500. The van der Waals surface area contributed by atoms with Crippen molar-refractivity contribution in [1.82, 2.24) is 9.97 Å². The first kappa shape index (κ1) is 11.6. The van der Waals surface area contributed by atoms with Gasteiger partial charge in [0.25, 0.3) is 0 Å². The van der Waals surface area contributed by atoms with Crippen LogP contribution in [-0.4, -0.2) is 43.1 Å². The standard InChI is InChI=1S/C10H15N3O2/c1-3-13(4-5-15-2)10-11-6-9(8-14)7-12-10/h6-8H,3-5H2,1-2H3. The van der Waals surface area contributed by atoms with Crippen molar-refractivity contribution >= 4 is 12.2 Å². The second-order valence-electron chi connectivity index (χ2n) is 3.01. The highest BCUT2D eigenvalue weighted by molar-refractivity contribution is 5.73. The summed E-state index contributed by atoms with van der Waals surface area (Å²) in [5, 5.41) is 0. The summed E-state index contributed by atoms with van der Waals surface area (Å²) in [5.41, 5.74) is 0.488. The van der Waals surface area contributed by atoms with Crippen molar-refractivity contribution in [1.29, 1.82) is 0 Å². The molecule has 0 aromatic carbocycles. The molecule has 0 unspecified atom stereocenters. The lowest BCUT2D eigenvalue weighted by Crippen LogP contribution is -2.28. The molecule has 0 saturated carbocycles. The first-order valence-electron chi connectivity index (χ1n) is 4.83. The number of hydrogen-bond acceptors (Lipinski definition) is 5. The van der Waals surface area contributed by atoms with Crippen LogP contribution >= 0.6 is 0 Å². The largest absolute Gasteiger partial charge is 0.383 e. The van der Waals surface area contributed by atoms with Gasteiger partial charge in [-0.15, -0.1) is 0 Å². The number of nitrogens with zero attached hydrogens (tertiary/aromatic N) is 3. The lowest BCUT2D eigenvalue weighted by Gasteiger charge is -2.19. The first-order valence-corrected chi connectivity index (χ1v) is 4.83. The topological polar surface area (TPSA) is 55.3 Å². The molecule has 15 heavy (non-hydrogen) atoms. The highest BCUT2D eigenvalue weighted by Gasteiger charge is 2.06. The van der Waals surface area contributed by atoms with Gasteiger partial charge in [0.1, 0.15) is 0 Å². The van der Waals surface area contributed by atoms with Crippen molar-refractivity contribution < 1.29 is 9.53 Å². The lowest BCUT2D eigenvalue weighted by molar-refractivity contribution is 0.112. The summed E-state index contributed by atoms with van der Waals surface area (Å²) in [7, 11) is 1.66. The molecule has 0 fully saturated rings. The predicted octanol–water partition coefficient (Wildman–Crippen LogP) is 0.762. The fourth-order valence-corrected chi connectivity index (χ4v) is 1.16. The van der Waals surface area contributed by atoms with E-state index in [9.17, 15) is 4.79 Å². The van der Waals surface area contributed by atoms with Gasteiger partial charge in [-0.25, -0.2) is 9.97 Å². The number of aromatic nitrogens is 2. The molecule has 1 aromatic rings. The summed E-state index contributed by atoms with van der Waals surface area (Å²) in [6.07, 6.45) is 3.77. The summed E-state index contributed by atoms with van der Waals surface area (Å²) in [6, 6.07) is 0. The van der Waals surface area contributed by atoms with Gasteiger partial charge in [0.05, 0.1) is 12.2 Å². The Morgan fingerprint density at radius 1 is 1.47 bits per heavy atom. The van der Waals surface area contributed by atoms with E-state index in [-0.39, 0.29) is 0 Å². The van der Waals surface area contributed by atoms with E-state index in [0.29, 0.717) is 18.1 Å². The number of likely N-dealkylation sites (N-methyl/N-ethyl adjacent to an activating group) is 1. The Hall–Kier alpha value is -1.49. The number of ether oxygens (including phenoxy) is 1. The van der Waals surface area contributed by atoms with E-state index in [2.05, 4.69) is 9.97 Å². The Labute approximate surface area is 89.1 Å². The smallest absolute Gasteiger partial charge is 0.225 e. The number of carbonyl (C=O) groups excluding carboxylic acids is 1. The van der Waals surface area contributed by atoms with Crippen LogP contribution in [0.3, 0.4) is 0 Å². The molecule has 1 rings (SSSR count). The Morgan fingerprint density at radius 2 is 2.13 bits per heavy atom. The van der Waals surface area contributed by atoms with Crippen molar-refractivity contribution in [2.24, 2.45) is 0 Å². The second-order valence-corrected chi connectivity index (χ2v) is 3.01. The van der Waals surface area contributed by atoms with E-state index in [4.69, 9.17) is 4.74 Å². The highest BCUT2D eigenvalue weighted by atomic mass is 16.5. The zero-order valence-corrected chi connectivity index (χ0v) is 9.01. The zero-order valence-electron chi connectivity index (χ0n) is 9.01. The summed E-state index contributed by atoms with van der Waals surface area (Å²) in [4.78, 5) is 20.6. The Bertz CT molecular complexity index is 300. The molecular weight excluding hydrogens is 194 g/mol. The third-order valence-corrected chi connectivity index (χ3v) is 2.02. The van der Waals surface area contributed by atoms with Crippen molar-refractivity contribution in [2.75, 3.05) is 31.7 Å².